The van der Waals surface area contributed by atoms with E-state index < -0.39 is 0 Å². The zero-order valence-electron chi connectivity index (χ0n) is 12.2. The second-order valence-corrected chi connectivity index (χ2v) is 5.42. The molecule has 0 aliphatic carbocycles. The van der Waals surface area contributed by atoms with Gasteiger partial charge in [0.15, 0.2) is 0 Å². The summed E-state index contributed by atoms with van der Waals surface area (Å²) in [5.74, 6) is 0.0281. The molecule has 1 aliphatic rings. The minimum absolute atomic E-state index is 0.0281. The number of likely N-dealkylation sites (tertiary alicyclic amines) is 1. The molecule has 0 atom stereocenters. The molecule has 0 radical (unpaired) electrons. The lowest BCUT2D eigenvalue weighted by molar-refractivity contribution is 0.0787. The number of aryl methyl sites for hydroxylation is 1. The maximum atomic E-state index is 12.3. The monoisotopic (exact) mass is 281 g/mol. The molecule has 0 bridgehead atoms. The lowest BCUT2D eigenvalue weighted by Crippen LogP contribution is -2.28. The Morgan fingerprint density at radius 1 is 1.14 bits per heavy atom. The van der Waals surface area contributed by atoms with Gasteiger partial charge in [-0.1, -0.05) is 12.1 Å². The third-order valence-electron chi connectivity index (χ3n) is 3.68. The fraction of sp³-hybridized carbons (Fsp3) is 0.294. The molecule has 1 aromatic carbocycles. The van der Waals surface area contributed by atoms with E-state index >= 15 is 0 Å². The Morgan fingerprint density at radius 2 is 1.90 bits per heavy atom. The number of nitrogens with one attached hydrogen (secondary N) is 1. The molecule has 4 heteroatoms. The van der Waals surface area contributed by atoms with Crippen LogP contribution in [0.2, 0.25) is 0 Å². The number of aromatic nitrogens is 1. The highest BCUT2D eigenvalue weighted by molar-refractivity contribution is 5.93. The van der Waals surface area contributed by atoms with E-state index in [2.05, 4.69) is 29.4 Å². The van der Waals surface area contributed by atoms with Gasteiger partial charge in [-0.2, -0.15) is 0 Å². The average Bonchev–Trinajstić information content (AvgIpc) is 3.01. The van der Waals surface area contributed by atoms with Crippen LogP contribution in [-0.4, -0.2) is 28.9 Å². The van der Waals surface area contributed by atoms with Gasteiger partial charge in [0.05, 0.1) is 0 Å². The Morgan fingerprint density at radius 3 is 2.67 bits per heavy atom. The van der Waals surface area contributed by atoms with E-state index in [0.717, 1.165) is 37.3 Å². The zero-order chi connectivity index (χ0) is 14.7. The number of benzene rings is 1. The van der Waals surface area contributed by atoms with Crippen molar-refractivity contribution in [1.82, 2.24) is 9.88 Å². The van der Waals surface area contributed by atoms with E-state index in [4.69, 9.17) is 0 Å². The number of hydrogen-bond donors (Lipinski definition) is 1. The van der Waals surface area contributed by atoms with Gasteiger partial charge in [0.2, 0.25) is 0 Å². The number of amides is 1. The standard InChI is InChI=1S/C17H19N3O/c1-13-5-4-6-14(11-13)19-15-7-8-18-16(12-15)17(21)20-9-2-3-10-20/h4-8,11-12H,2-3,9-10H2,1H3,(H,18,19). The number of carbonyl (C=O) groups excluding carboxylic acids is 1. The van der Waals surface area contributed by atoms with Gasteiger partial charge in [0, 0.05) is 30.7 Å². The van der Waals surface area contributed by atoms with Crippen LogP contribution in [0.25, 0.3) is 0 Å². The van der Waals surface area contributed by atoms with Crippen molar-refractivity contribution in [2.45, 2.75) is 19.8 Å². The van der Waals surface area contributed by atoms with Gasteiger partial charge < -0.3 is 10.2 Å². The molecule has 1 aromatic heterocycles. The fourth-order valence-corrected chi connectivity index (χ4v) is 2.60. The normalized spacial score (nSPS) is 14.2. The SMILES string of the molecule is Cc1cccc(Nc2ccnc(C(=O)N3CCCC3)c2)c1. The first-order valence-electron chi connectivity index (χ1n) is 7.31. The summed E-state index contributed by atoms with van der Waals surface area (Å²) in [5, 5.41) is 3.32. The zero-order valence-corrected chi connectivity index (χ0v) is 12.2. The maximum absolute atomic E-state index is 12.3. The van der Waals surface area contributed by atoms with Crippen molar-refractivity contribution in [1.29, 1.82) is 0 Å². The van der Waals surface area contributed by atoms with E-state index in [0.29, 0.717) is 5.69 Å². The van der Waals surface area contributed by atoms with E-state index in [-0.39, 0.29) is 5.91 Å². The molecule has 108 valence electrons. The third kappa shape index (κ3) is 3.21. The summed E-state index contributed by atoms with van der Waals surface area (Å²) in [6.45, 7) is 3.74. The Labute approximate surface area is 124 Å². The largest absolute Gasteiger partial charge is 0.355 e. The van der Waals surface area contributed by atoms with Crippen molar-refractivity contribution in [2.24, 2.45) is 0 Å². The molecule has 3 rings (SSSR count). The van der Waals surface area contributed by atoms with Crippen molar-refractivity contribution in [3.05, 3.63) is 53.9 Å². The predicted molar refractivity (Wildman–Crippen MR) is 83.8 cm³/mol. The highest BCUT2D eigenvalue weighted by atomic mass is 16.2. The van der Waals surface area contributed by atoms with Gasteiger partial charge >= 0.3 is 0 Å². The topological polar surface area (TPSA) is 45.2 Å². The summed E-state index contributed by atoms with van der Waals surface area (Å²) in [6.07, 6.45) is 3.86. The van der Waals surface area contributed by atoms with Gasteiger partial charge in [0.1, 0.15) is 5.69 Å². The van der Waals surface area contributed by atoms with Crippen LogP contribution >= 0.6 is 0 Å². The Hall–Kier alpha value is -2.36. The smallest absolute Gasteiger partial charge is 0.272 e. The quantitative estimate of drug-likeness (QED) is 0.938. The van der Waals surface area contributed by atoms with Crippen LogP contribution in [0.4, 0.5) is 11.4 Å². The van der Waals surface area contributed by atoms with E-state index in [9.17, 15) is 4.79 Å². The van der Waals surface area contributed by atoms with Gasteiger partial charge in [0.25, 0.3) is 5.91 Å². The number of nitrogens with zero attached hydrogens (tertiary/aromatic N) is 2. The number of anilines is 2. The molecule has 0 spiro atoms. The lowest BCUT2D eigenvalue weighted by atomic mass is 10.2. The second-order valence-electron chi connectivity index (χ2n) is 5.42. The summed E-state index contributed by atoms with van der Waals surface area (Å²) in [5.41, 5.74) is 3.61. The molecule has 21 heavy (non-hydrogen) atoms. The molecule has 2 aromatic rings. The minimum atomic E-state index is 0.0281. The highest BCUT2D eigenvalue weighted by Crippen LogP contribution is 2.19. The predicted octanol–water partition coefficient (Wildman–Crippen LogP) is 3.37. The first kappa shape index (κ1) is 13.6. The van der Waals surface area contributed by atoms with Crippen molar-refractivity contribution >= 4 is 17.3 Å². The molecule has 1 aliphatic heterocycles. The third-order valence-corrected chi connectivity index (χ3v) is 3.68. The minimum Gasteiger partial charge on any atom is -0.355 e. The van der Waals surface area contributed by atoms with Crippen LogP contribution in [0.3, 0.4) is 0 Å². The molecule has 2 heterocycles. The van der Waals surface area contributed by atoms with Crippen LogP contribution in [0, 0.1) is 6.92 Å². The van der Waals surface area contributed by atoms with E-state index in [1.165, 1.54) is 5.56 Å². The number of carbonyl (C=O) groups is 1. The molecule has 0 unspecified atom stereocenters. The summed E-state index contributed by atoms with van der Waals surface area (Å²) < 4.78 is 0. The average molecular weight is 281 g/mol. The lowest BCUT2D eigenvalue weighted by Gasteiger charge is -2.15. The van der Waals surface area contributed by atoms with Gasteiger partial charge in [-0.15, -0.1) is 0 Å². The van der Waals surface area contributed by atoms with Crippen LogP contribution in [0.15, 0.2) is 42.6 Å². The van der Waals surface area contributed by atoms with Crippen LogP contribution in [0.5, 0.6) is 0 Å². The van der Waals surface area contributed by atoms with Crippen molar-refractivity contribution in [3.8, 4) is 0 Å². The van der Waals surface area contributed by atoms with Crippen LogP contribution in [-0.2, 0) is 0 Å². The first-order chi connectivity index (χ1) is 10.2. The fourth-order valence-electron chi connectivity index (χ4n) is 2.60. The summed E-state index contributed by atoms with van der Waals surface area (Å²) in [7, 11) is 0. The maximum Gasteiger partial charge on any atom is 0.272 e. The second kappa shape index (κ2) is 5.95. The van der Waals surface area contributed by atoms with E-state index in [1.807, 2.05) is 29.2 Å². The van der Waals surface area contributed by atoms with Gasteiger partial charge in [-0.3, -0.25) is 9.78 Å². The summed E-state index contributed by atoms with van der Waals surface area (Å²) >= 11 is 0. The van der Waals surface area contributed by atoms with Crippen LogP contribution < -0.4 is 5.32 Å². The van der Waals surface area contributed by atoms with Crippen LogP contribution in [0.1, 0.15) is 28.9 Å². The Kier molecular flexibility index (Phi) is 3.86. The molecule has 1 N–H and O–H groups in total. The number of rotatable bonds is 3. The van der Waals surface area contributed by atoms with Gasteiger partial charge in [-0.05, 0) is 49.6 Å². The van der Waals surface area contributed by atoms with Crippen molar-refractivity contribution in [3.63, 3.8) is 0 Å². The van der Waals surface area contributed by atoms with Crippen molar-refractivity contribution < 1.29 is 4.79 Å². The molecular weight excluding hydrogens is 262 g/mol. The molecule has 0 saturated carbocycles. The Balaban J connectivity index is 1.78. The molecule has 1 fully saturated rings. The molecule has 1 amide bonds. The van der Waals surface area contributed by atoms with Crippen molar-refractivity contribution in [2.75, 3.05) is 18.4 Å². The first-order valence-corrected chi connectivity index (χ1v) is 7.31. The molecule has 1 saturated heterocycles. The highest BCUT2D eigenvalue weighted by Gasteiger charge is 2.20. The molecular formula is C17H19N3O. The van der Waals surface area contributed by atoms with Gasteiger partial charge in [-0.25, -0.2) is 0 Å². The number of pyridine rings is 1. The number of hydrogen-bond acceptors (Lipinski definition) is 3. The Bertz CT molecular complexity index is 648. The molecule has 4 nitrogen and oxygen atoms in total. The van der Waals surface area contributed by atoms with E-state index in [1.54, 1.807) is 6.20 Å². The summed E-state index contributed by atoms with van der Waals surface area (Å²) in [6, 6.07) is 11.8. The summed E-state index contributed by atoms with van der Waals surface area (Å²) in [4.78, 5) is 18.4.